The zero-order valence-electron chi connectivity index (χ0n) is 16.5. The van der Waals surface area contributed by atoms with Gasteiger partial charge in [0.1, 0.15) is 0 Å². The summed E-state index contributed by atoms with van der Waals surface area (Å²) >= 11 is 0. The van der Waals surface area contributed by atoms with Crippen LogP contribution in [0.2, 0.25) is 0 Å². The lowest BCUT2D eigenvalue weighted by Gasteiger charge is -2.14. The molecule has 0 bridgehead atoms. The number of hydrogen-bond acceptors (Lipinski definition) is 2. The largest absolute Gasteiger partial charge is 0.348 e. The molecule has 0 heterocycles. The molecule has 25 heavy (non-hydrogen) atoms. The molecule has 0 rings (SSSR count). The van der Waals surface area contributed by atoms with E-state index < -0.39 is 0 Å². The summed E-state index contributed by atoms with van der Waals surface area (Å²) in [6, 6.07) is 0. The molecule has 0 amide bonds. The van der Waals surface area contributed by atoms with Crippen LogP contribution in [-0.4, -0.2) is 26.0 Å². The van der Waals surface area contributed by atoms with E-state index in [0.29, 0.717) is 26.2 Å². The van der Waals surface area contributed by atoms with Gasteiger partial charge in [-0.1, -0.05) is 76.7 Å². The van der Waals surface area contributed by atoms with Gasteiger partial charge in [-0.05, 0) is 25.7 Å². The predicted molar refractivity (Wildman–Crippen MR) is 108 cm³/mol. The first-order valence-electron chi connectivity index (χ1n) is 10.2. The third-order valence-electron chi connectivity index (χ3n) is 4.02. The highest BCUT2D eigenvalue weighted by Crippen LogP contribution is 2.06. The van der Waals surface area contributed by atoms with E-state index in [4.69, 9.17) is 16.0 Å². The molecule has 0 saturated heterocycles. The normalized spacial score (nSPS) is 11.8. The molecule has 0 aromatic heterocycles. The van der Waals surface area contributed by atoms with Crippen LogP contribution in [0.3, 0.4) is 0 Å². The number of ether oxygens (including phenoxy) is 2. The summed E-state index contributed by atoms with van der Waals surface area (Å²) in [5.41, 5.74) is 0. The molecule has 0 aliphatic rings. The monoisotopic (exact) mass is 349 g/mol. The van der Waals surface area contributed by atoms with E-state index >= 15 is 0 Å². The lowest BCUT2D eigenvalue weighted by molar-refractivity contribution is -0.128. The summed E-state index contributed by atoms with van der Waals surface area (Å²) in [4.78, 5) is 3.40. The quantitative estimate of drug-likeness (QED) is 0.119. The van der Waals surface area contributed by atoms with E-state index in [-0.39, 0.29) is 6.29 Å². The van der Waals surface area contributed by atoms with Gasteiger partial charge in [-0.3, -0.25) is 0 Å². The van der Waals surface area contributed by atoms with E-state index in [1.807, 2.05) is 0 Å². The fraction of sp³-hybridized carbons (Fsp3) is 0.773. The van der Waals surface area contributed by atoms with Crippen LogP contribution < -0.4 is 0 Å². The number of allylic oxidation sites excluding steroid dienone is 2. The Morgan fingerprint density at radius 1 is 0.760 bits per heavy atom. The Labute approximate surface area is 156 Å². The molecular formula is C22H39NO2. The summed E-state index contributed by atoms with van der Waals surface area (Å²) < 4.78 is 11.5. The Kier molecular flexibility index (Phi) is 20.0. The van der Waals surface area contributed by atoms with Gasteiger partial charge in [0.15, 0.2) is 6.29 Å². The minimum Gasteiger partial charge on any atom is -0.348 e. The molecule has 0 aromatic carbocycles. The Bertz CT molecular complexity index is 332. The minimum absolute atomic E-state index is 0.274. The average molecular weight is 350 g/mol. The van der Waals surface area contributed by atoms with Crippen molar-refractivity contribution in [3.63, 3.8) is 0 Å². The third-order valence-corrected chi connectivity index (χ3v) is 4.02. The maximum atomic E-state index is 6.93. The van der Waals surface area contributed by atoms with Crippen LogP contribution in [0, 0.1) is 6.57 Å². The van der Waals surface area contributed by atoms with Crippen LogP contribution in [0.25, 0.3) is 4.85 Å². The Hall–Kier alpha value is -1.11. The van der Waals surface area contributed by atoms with Gasteiger partial charge in [-0.15, -0.1) is 0 Å². The lowest BCUT2D eigenvalue weighted by Crippen LogP contribution is -2.18. The molecular weight excluding hydrogens is 310 g/mol. The van der Waals surface area contributed by atoms with Crippen LogP contribution in [-0.2, 0) is 9.47 Å². The highest BCUT2D eigenvalue weighted by Gasteiger charge is 2.09. The first-order chi connectivity index (χ1) is 12.3. The van der Waals surface area contributed by atoms with E-state index in [1.165, 1.54) is 51.4 Å². The van der Waals surface area contributed by atoms with Gasteiger partial charge in [-0.2, -0.15) is 0 Å². The average Bonchev–Trinajstić information content (AvgIpc) is 2.63. The molecule has 0 aliphatic carbocycles. The maximum absolute atomic E-state index is 6.93. The van der Waals surface area contributed by atoms with Crippen molar-refractivity contribution in [2.75, 3.05) is 19.8 Å². The van der Waals surface area contributed by atoms with Gasteiger partial charge < -0.3 is 14.3 Å². The zero-order valence-corrected chi connectivity index (χ0v) is 16.5. The summed E-state index contributed by atoms with van der Waals surface area (Å²) in [5.74, 6) is 0. The molecule has 144 valence electrons. The van der Waals surface area contributed by atoms with Crippen molar-refractivity contribution in [2.45, 2.75) is 90.8 Å². The fourth-order valence-electron chi connectivity index (χ4n) is 2.46. The topological polar surface area (TPSA) is 22.8 Å². The summed E-state index contributed by atoms with van der Waals surface area (Å²) in [7, 11) is 0. The van der Waals surface area contributed by atoms with Crippen molar-refractivity contribution >= 4 is 0 Å². The molecule has 0 atom stereocenters. The Morgan fingerprint density at radius 2 is 1.28 bits per heavy atom. The molecule has 0 N–H and O–H groups in total. The third kappa shape index (κ3) is 19.1. The lowest BCUT2D eigenvalue weighted by atomic mass is 10.1. The van der Waals surface area contributed by atoms with Crippen molar-refractivity contribution in [3.05, 3.63) is 35.7 Å². The van der Waals surface area contributed by atoms with Gasteiger partial charge >= 0.3 is 0 Å². The number of hydrogen-bond donors (Lipinski definition) is 0. The molecule has 0 saturated carbocycles. The SMILES string of the molecule is [C-]#[N+]CCC(OC/C=C\CCCCCC)OC/C=C\CCCCCC. The molecule has 3 nitrogen and oxygen atoms in total. The second-order valence-corrected chi connectivity index (χ2v) is 6.41. The summed E-state index contributed by atoms with van der Waals surface area (Å²) in [6.07, 6.45) is 21.5. The molecule has 0 aliphatic heterocycles. The second-order valence-electron chi connectivity index (χ2n) is 6.41. The Morgan fingerprint density at radius 3 is 1.72 bits per heavy atom. The van der Waals surface area contributed by atoms with E-state index in [0.717, 1.165) is 12.8 Å². The predicted octanol–water partition coefficient (Wildman–Crippen LogP) is 6.71. The fourth-order valence-corrected chi connectivity index (χ4v) is 2.46. The minimum atomic E-state index is -0.274. The van der Waals surface area contributed by atoms with Gasteiger partial charge in [0.05, 0.1) is 19.6 Å². The highest BCUT2D eigenvalue weighted by atomic mass is 16.7. The highest BCUT2D eigenvalue weighted by molar-refractivity contribution is 4.83. The van der Waals surface area contributed by atoms with Crippen LogP contribution in [0.4, 0.5) is 0 Å². The summed E-state index contributed by atoms with van der Waals surface area (Å²) in [6.45, 7) is 13.0. The smallest absolute Gasteiger partial charge is 0.219 e. The molecule has 0 spiro atoms. The first-order valence-corrected chi connectivity index (χ1v) is 10.2. The van der Waals surface area contributed by atoms with Crippen molar-refractivity contribution in [1.29, 1.82) is 0 Å². The van der Waals surface area contributed by atoms with Crippen molar-refractivity contribution in [2.24, 2.45) is 0 Å². The molecule has 0 radical (unpaired) electrons. The van der Waals surface area contributed by atoms with Crippen molar-refractivity contribution in [3.8, 4) is 0 Å². The molecule has 0 fully saturated rings. The molecule has 3 heteroatoms. The van der Waals surface area contributed by atoms with Gasteiger partial charge in [-0.25, -0.2) is 6.57 Å². The first kappa shape index (κ1) is 23.9. The maximum Gasteiger partial charge on any atom is 0.219 e. The zero-order chi connectivity index (χ0) is 18.4. The van der Waals surface area contributed by atoms with Crippen LogP contribution in [0.1, 0.15) is 84.5 Å². The Balaban J connectivity index is 3.79. The number of rotatable bonds is 18. The van der Waals surface area contributed by atoms with Gasteiger partial charge in [0, 0.05) is 0 Å². The van der Waals surface area contributed by atoms with E-state index in [9.17, 15) is 0 Å². The summed E-state index contributed by atoms with van der Waals surface area (Å²) in [5, 5.41) is 0. The van der Waals surface area contributed by atoms with E-state index in [2.05, 4.69) is 43.0 Å². The van der Waals surface area contributed by atoms with E-state index in [1.54, 1.807) is 0 Å². The standard InChI is InChI=1S/C22H39NO2/c1-4-6-8-10-12-14-16-20-24-22(18-19-23-3)25-21-17-15-13-11-9-7-5-2/h14-17,22H,4-13,18-21H2,1-2H3/b16-14-,17-15-. The van der Waals surface area contributed by atoms with Crippen LogP contribution in [0.5, 0.6) is 0 Å². The molecule has 0 aromatic rings. The van der Waals surface area contributed by atoms with Gasteiger partial charge in [0.25, 0.3) is 0 Å². The number of unbranched alkanes of at least 4 members (excludes halogenated alkanes) is 8. The van der Waals surface area contributed by atoms with Crippen molar-refractivity contribution in [1.82, 2.24) is 0 Å². The van der Waals surface area contributed by atoms with Crippen LogP contribution in [0.15, 0.2) is 24.3 Å². The molecule has 0 unspecified atom stereocenters. The van der Waals surface area contributed by atoms with Crippen LogP contribution >= 0.6 is 0 Å². The number of nitrogens with zero attached hydrogens (tertiary/aromatic N) is 1. The van der Waals surface area contributed by atoms with Gasteiger partial charge in [0.2, 0.25) is 6.54 Å². The second kappa shape index (κ2) is 20.9. The van der Waals surface area contributed by atoms with Crippen molar-refractivity contribution < 1.29 is 9.47 Å².